The Morgan fingerprint density at radius 3 is 2.89 bits per heavy atom. The van der Waals surface area contributed by atoms with Crippen molar-refractivity contribution in [2.45, 2.75) is 44.7 Å². The van der Waals surface area contributed by atoms with Crippen LogP contribution in [0.4, 0.5) is 0 Å². The van der Waals surface area contributed by atoms with Crippen molar-refractivity contribution < 1.29 is 0 Å². The number of hydrogen-bond donors (Lipinski definition) is 1. The molecule has 3 rings (SSSR count). The number of piperidine rings is 1. The third-order valence-electron chi connectivity index (χ3n) is 4.15. The molecular formula is C13H23N5. The van der Waals surface area contributed by atoms with Gasteiger partial charge in [0.15, 0.2) is 5.82 Å². The molecule has 1 aromatic rings. The summed E-state index contributed by atoms with van der Waals surface area (Å²) in [5.41, 5.74) is 6.08. The number of aromatic nitrogens is 3. The van der Waals surface area contributed by atoms with E-state index in [4.69, 9.17) is 5.73 Å². The number of rotatable bonds is 2. The molecule has 1 saturated heterocycles. The minimum absolute atomic E-state index is 0.0917. The van der Waals surface area contributed by atoms with Crippen LogP contribution in [0.3, 0.4) is 0 Å². The van der Waals surface area contributed by atoms with Gasteiger partial charge in [0.05, 0.1) is 6.04 Å². The molecule has 0 spiro atoms. The molecule has 2 atom stereocenters. The van der Waals surface area contributed by atoms with E-state index in [-0.39, 0.29) is 6.04 Å². The molecule has 18 heavy (non-hydrogen) atoms. The van der Waals surface area contributed by atoms with Gasteiger partial charge in [0, 0.05) is 19.5 Å². The molecule has 0 saturated carbocycles. The molecule has 5 heteroatoms. The lowest BCUT2D eigenvalue weighted by Gasteiger charge is -2.28. The largest absolute Gasteiger partial charge is 0.321 e. The van der Waals surface area contributed by atoms with E-state index in [0.29, 0.717) is 5.92 Å². The highest BCUT2D eigenvalue weighted by atomic mass is 15.4. The van der Waals surface area contributed by atoms with Gasteiger partial charge in [0.25, 0.3) is 0 Å². The monoisotopic (exact) mass is 249 g/mol. The van der Waals surface area contributed by atoms with Gasteiger partial charge >= 0.3 is 0 Å². The fourth-order valence-corrected chi connectivity index (χ4v) is 3.22. The predicted molar refractivity (Wildman–Crippen MR) is 70.1 cm³/mol. The molecule has 0 aliphatic carbocycles. The summed E-state index contributed by atoms with van der Waals surface area (Å²) in [7, 11) is 2.20. The third kappa shape index (κ3) is 2.42. The van der Waals surface area contributed by atoms with Gasteiger partial charge in [-0.2, -0.15) is 5.10 Å². The Hall–Kier alpha value is -0.940. The number of fused-ring (bicyclic) bond motifs is 1. The molecule has 0 radical (unpaired) electrons. The van der Waals surface area contributed by atoms with Crippen LogP contribution in [0.15, 0.2) is 0 Å². The summed E-state index contributed by atoms with van der Waals surface area (Å²) in [4.78, 5) is 7.07. The highest BCUT2D eigenvalue weighted by molar-refractivity contribution is 5.02. The molecule has 0 aromatic carbocycles. The molecule has 0 amide bonds. The van der Waals surface area contributed by atoms with Crippen molar-refractivity contribution in [2.75, 3.05) is 20.1 Å². The second-order valence-corrected chi connectivity index (χ2v) is 5.83. The molecule has 2 aliphatic rings. The second kappa shape index (κ2) is 4.97. The first-order chi connectivity index (χ1) is 8.72. The lowest BCUT2D eigenvalue weighted by molar-refractivity contribution is 0.207. The van der Waals surface area contributed by atoms with E-state index in [9.17, 15) is 0 Å². The molecule has 5 nitrogen and oxygen atoms in total. The van der Waals surface area contributed by atoms with E-state index in [1.165, 1.54) is 25.9 Å². The maximum atomic E-state index is 6.08. The summed E-state index contributed by atoms with van der Waals surface area (Å²) < 4.78 is 2.02. The Morgan fingerprint density at radius 2 is 2.11 bits per heavy atom. The molecule has 2 aliphatic heterocycles. The fraction of sp³-hybridized carbons (Fsp3) is 0.846. The Kier molecular flexibility index (Phi) is 3.35. The molecule has 1 aromatic heterocycles. The van der Waals surface area contributed by atoms with E-state index in [2.05, 4.69) is 22.0 Å². The summed E-state index contributed by atoms with van der Waals surface area (Å²) in [6.07, 6.45) is 5.79. The molecule has 0 bridgehead atoms. The maximum Gasteiger partial charge on any atom is 0.151 e. The first kappa shape index (κ1) is 12.1. The van der Waals surface area contributed by atoms with Crippen LogP contribution in [0.2, 0.25) is 0 Å². The van der Waals surface area contributed by atoms with Crippen molar-refractivity contribution in [2.24, 2.45) is 11.7 Å². The van der Waals surface area contributed by atoms with Crippen LogP contribution in [0.1, 0.15) is 43.4 Å². The molecule has 2 unspecified atom stereocenters. The van der Waals surface area contributed by atoms with Crippen LogP contribution in [0.5, 0.6) is 0 Å². The van der Waals surface area contributed by atoms with Gasteiger partial charge in [-0.1, -0.05) is 0 Å². The Balaban J connectivity index is 1.69. The highest BCUT2D eigenvalue weighted by Crippen LogP contribution is 2.23. The summed E-state index contributed by atoms with van der Waals surface area (Å²) in [6, 6.07) is 0.0917. The van der Waals surface area contributed by atoms with Crippen LogP contribution < -0.4 is 5.73 Å². The number of nitrogens with zero attached hydrogens (tertiary/aromatic N) is 4. The van der Waals surface area contributed by atoms with Crippen LogP contribution in [-0.2, 0) is 13.0 Å². The van der Waals surface area contributed by atoms with E-state index in [0.717, 1.165) is 37.5 Å². The van der Waals surface area contributed by atoms with Gasteiger partial charge in [-0.3, -0.25) is 0 Å². The normalized spacial score (nSPS) is 29.2. The van der Waals surface area contributed by atoms with Gasteiger partial charge in [0.1, 0.15) is 5.82 Å². The van der Waals surface area contributed by atoms with Gasteiger partial charge < -0.3 is 10.6 Å². The highest BCUT2D eigenvalue weighted by Gasteiger charge is 2.24. The van der Waals surface area contributed by atoms with Crippen molar-refractivity contribution in [3.05, 3.63) is 11.6 Å². The van der Waals surface area contributed by atoms with Crippen molar-refractivity contribution in [1.29, 1.82) is 0 Å². The van der Waals surface area contributed by atoms with Crippen molar-refractivity contribution in [1.82, 2.24) is 19.7 Å². The first-order valence-corrected chi connectivity index (χ1v) is 7.10. The van der Waals surface area contributed by atoms with Crippen molar-refractivity contribution in [3.8, 4) is 0 Å². The zero-order valence-corrected chi connectivity index (χ0v) is 11.2. The van der Waals surface area contributed by atoms with Crippen molar-refractivity contribution >= 4 is 0 Å². The molecular weight excluding hydrogens is 226 g/mol. The molecule has 100 valence electrons. The Labute approximate surface area is 108 Å². The van der Waals surface area contributed by atoms with Gasteiger partial charge in [-0.25, -0.2) is 9.67 Å². The first-order valence-electron chi connectivity index (χ1n) is 7.10. The van der Waals surface area contributed by atoms with Gasteiger partial charge in [0.2, 0.25) is 0 Å². The van der Waals surface area contributed by atoms with Crippen LogP contribution in [0, 0.1) is 5.92 Å². The lowest BCUT2D eigenvalue weighted by Crippen LogP contribution is -2.33. The standard InChI is InChI=1S/C13H23N5/c1-17-6-2-4-10(9-17)8-12-15-13-11(14)5-3-7-18(13)16-12/h10-11H,2-9,14H2,1H3. The third-order valence-corrected chi connectivity index (χ3v) is 4.15. The lowest BCUT2D eigenvalue weighted by atomic mass is 9.95. The SMILES string of the molecule is CN1CCCC(Cc2nc3n(n2)CCCC3N)C1. The van der Waals surface area contributed by atoms with E-state index < -0.39 is 0 Å². The molecule has 2 N–H and O–H groups in total. The van der Waals surface area contributed by atoms with E-state index in [1.54, 1.807) is 0 Å². The topological polar surface area (TPSA) is 60.0 Å². The molecule has 1 fully saturated rings. The fourth-order valence-electron chi connectivity index (χ4n) is 3.22. The van der Waals surface area contributed by atoms with Gasteiger partial charge in [-0.15, -0.1) is 0 Å². The zero-order valence-electron chi connectivity index (χ0n) is 11.2. The molecule has 3 heterocycles. The smallest absolute Gasteiger partial charge is 0.151 e. The average Bonchev–Trinajstić information content (AvgIpc) is 2.73. The predicted octanol–water partition coefficient (Wildman–Crippen LogP) is 0.956. The van der Waals surface area contributed by atoms with E-state index >= 15 is 0 Å². The summed E-state index contributed by atoms with van der Waals surface area (Å²) in [6.45, 7) is 3.39. The van der Waals surface area contributed by atoms with Gasteiger partial charge in [-0.05, 0) is 45.2 Å². The number of hydrogen-bond acceptors (Lipinski definition) is 4. The van der Waals surface area contributed by atoms with Crippen LogP contribution in [-0.4, -0.2) is 39.8 Å². The minimum atomic E-state index is 0.0917. The van der Waals surface area contributed by atoms with Crippen LogP contribution in [0.25, 0.3) is 0 Å². The quantitative estimate of drug-likeness (QED) is 0.848. The summed E-state index contributed by atoms with van der Waals surface area (Å²) >= 11 is 0. The van der Waals surface area contributed by atoms with Crippen LogP contribution >= 0.6 is 0 Å². The minimum Gasteiger partial charge on any atom is -0.321 e. The zero-order chi connectivity index (χ0) is 12.5. The second-order valence-electron chi connectivity index (χ2n) is 5.83. The maximum absolute atomic E-state index is 6.08. The average molecular weight is 249 g/mol. The summed E-state index contributed by atoms with van der Waals surface area (Å²) in [5.74, 6) is 2.72. The summed E-state index contributed by atoms with van der Waals surface area (Å²) in [5, 5.41) is 4.63. The number of likely N-dealkylation sites (tertiary alicyclic amines) is 1. The number of nitrogens with two attached hydrogens (primary N) is 1. The van der Waals surface area contributed by atoms with E-state index in [1.807, 2.05) is 4.68 Å². The Morgan fingerprint density at radius 1 is 1.28 bits per heavy atom. The number of aryl methyl sites for hydroxylation is 1. The Bertz CT molecular complexity index is 414. The van der Waals surface area contributed by atoms with Crippen molar-refractivity contribution in [3.63, 3.8) is 0 Å².